The highest BCUT2D eigenvalue weighted by molar-refractivity contribution is 5.80. The van der Waals surface area contributed by atoms with E-state index in [4.69, 9.17) is 0 Å². The zero-order valence-corrected chi connectivity index (χ0v) is 17.7. The number of non-ortho nitro benzene ring substituents is 1. The number of rotatable bonds is 8. The third-order valence-corrected chi connectivity index (χ3v) is 5.93. The van der Waals surface area contributed by atoms with Gasteiger partial charge in [0.15, 0.2) is 6.04 Å². The molecule has 0 spiro atoms. The first kappa shape index (κ1) is 21.8. The lowest BCUT2D eigenvalue weighted by Crippen LogP contribution is -3.19. The fourth-order valence-corrected chi connectivity index (χ4v) is 4.05. The van der Waals surface area contributed by atoms with Gasteiger partial charge in [-0.3, -0.25) is 14.9 Å². The molecule has 0 aliphatic carbocycles. The number of carbonyl (C=O) groups excluding carboxylic acids is 1. The van der Waals surface area contributed by atoms with E-state index in [2.05, 4.69) is 29.3 Å². The molecule has 1 amide bonds. The Morgan fingerprint density at radius 1 is 1.13 bits per heavy atom. The first-order chi connectivity index (χ1) is 14.5. The molecule has 0 aromatic heterocycles. The monoisotopic (exact) mass is 411 g/mol. The maximum absolute atomic E-state index is 12.9. The number of nitro groups is 1. The van der Waals surface area contributed by atoms with Gasteiger partial charge in [-0.15, -0.1) is 0 Å². The molecular weight excluding hydrogens is 380 g/mol. The van der Waals surface area contributed by atoms with E-state index in [1.165, 1.54) is 4.90 Å². The van der Waals surface area contributed by atoms with Gasteiger partial charge in [-0.25, -0.2) is 0 Å². The number of quaternary nitrogens is 1. The third-order valence-electron chi connectivity index (χ3n) is 5.93. The molecule has 0 bridgehead atoms. The second-order valence-corrected chi connectivity index (χ2v) is 7.90. The Balaban J connectivity index is 1.55. The van der Waals surface area contributed by atoms with Crippen LogP contribution in [-0.2, 0) is 4.79 Å². The highest BCUT2D eigenvalue weighted by Gasteiger charge is 2.30. The summed E-state index contributed by atoms with van der Waals surface area (Å²) >= 11 is 0. The molecule has 0 radical (unpaired) electrons. The minimum Gasteiger partial charge on any atom is -0.360 e. The van der Waals surface area contributed by atoms with Crippen LogP contribution in [0.5, 0.6) is 0 Å². The van der Waals surface area contributed by atoms with E-state index >= 15 is 0 Å². The summed E-state index contributed by atoms with van der Waals surface area (Å²) in [5.41, 5.74) is 2.25. The number of nitrogens with one attached hydrogen (secondary N) is 2. The van der Waals surface area contributed by atoms with Crippen LogP contribution in [0.1, 0.15) is 38.3 Å². The van der Waals surface area contributed by atoms with Crippen LogP contribution in [0.25, 0.3) is 0 Å². The summed E-state index contributed by atoms with van der Waals surface area (Å²) in [6, 6.07) is 16.8. The van der Waals surface area contributed by atoms with Crippen molar-refractivity contribution < 1.29 is 14.6 Å². The zero-order chi connectivity index (χ0) is 21.5. The molecule has 1 aliphatic rings. The highest BCUT2D eigenvalue weighted by atomic mass is 16.6. The van der Waals surface area contributed by atoms with Gasteiger partial charge in [-0.2, -0.15) is 0 Å². The molecule has 3 rings (SSSR count). The average molecular weight is 412 g/mol. The van der Waals surface area contributed by atoms with Gasteiger partial charge in [-0.1, -0.05) is 43.7 Å². The SMILES string of the molecule is CCC[C@@H](NC(=O)[C@H](C)[NH+]1CCN(c2ccc([N+](=O)[O-])cc2)CC1)c1ccccc1. The van der Waals surface area contributed by atoms with Crippen LogP contribution in [0, 0.1) is 10.1 Å². The molecular formula is C23H31N4O3+. The van der Waals surface area contributed by atoms with Crippen molar-refractivity contribution in [2.45, 2.75) is 38.8 Å². The van der Waals surface area contributed by atoms with E-state index in [9.17, 15) is 14.9 Å². The first-order valence-electron chi connectivity index (χ1n) is 10.7. The first-order valence-corrected chi connectivity index (χ1v) is 10.7. The summed E-state index contributed by atoms with van der Waals surface area (Å²) < 4.78 is 0. The predicted molar refractivity (Wildman–Crippen MR) is 118 cm³/mol. The Morgan fingerprint density at radius 3 is 2.33 bits per heavy atom. The van der Waals surface area contributed by atoms with Gasteiger partial charge in [0.25, 0.3) is 11.6 Å². The molecule has 2 aromatic rings. The molecule has 7 nitrogen and oxygen atoms in total. The second kappa shape index (κ2) is 10.2. The van der Waals surface area contributed by atoms with Gasteiger partial charge >= 0.3 is 0 Å². The van der Waals surface area contributed by atoms with Crippen LogP contribution >= 0.6 is 0 Å². The van der Waals surface area contributed by atoms with Crippen LogP contribution in [0.15, 0.2) is 54.6 Å². The van der Waals surface area contributed by atoms with E-state index in [-0.39, 0.29) is 28.6 Å². The Bertz CT molecular complexity index is 833. The highest BCUT2D eigenvalue weighted by Crippen LogP contribution is 2.20. The topological polar surface area (TPSA) is 79.9 Å². The van der Waals surface area contributed by atoms with Gasteiger partial charge in [0.05, 0.1) is 37.1 Å². The van der Waals surface area contributed by atoms with Gasteiger partial charge in [0.1, 0.15) is 0 Å². The van der Waals surface area contributed by atoms with E-state index in [0.29, 0.717) is 0 Å². The van der Waals surface area contributed by atoms with E-state index in [1.807, 2.05) is 25.1 Å². The van der Waals surface area contributed by atoms with Crippen molar-refractivity contribution in [3.05, 3.63) is 70.3 Å². The second-order valence-electron chi connectivity index (χ2n) is 7.90. The minimum absolute atomic E-state index is 0.0481. The van der Waals surface area contributed by atoms with Gasteiger partial charge in [-0.05, 0) is 31.0 Å². The number of benzene rings is 2. The number of nitro benzene ring substituents is 1. The van der Waals surface area contributed by atoms with Crippen LogP contribution in [0.4, 0.5) is 11.4 Å². The lowest BCUT2D eigenvalue weighted by molar-refractivity contribution is -0.914. The van der Waals surface area contributed by atoms with Crippen molar-refractivity contribution in [2.75, 3.05) is 31.1 Å². The molecule has 2 N–H and O–H groups in total. The Morgan fingerprint density at radius 2 is 1.77 bits per heavy atom. The fourth-order valence-electron chi connectivity index (χ4n) is 4.05. The van der Waals surface area contributed by atoms with E-state index < -0.39 is 0 Å². The summed E-state index contributed by atoms with van der Waals surface area (Å²) in [5, 5.41) is 14.1. The average Bonchev–Trinajstić information content (AvgIpc) is 2.79. The van der Waals surface area contributed by atoms with Crippen molar-refractivity contribution in [1.29, 1.82) is 0 Å². The van der Waals surface area contributed by atoms with Crippen molar-refractivity contribution in [3.8, 4) is 0 Å². The summed E-state index contributed by atoms with van der Waals surface area (Å²) in [4.78, 5) is 26.9. The Hall–Kier alpha value is -2.93. The standard InChI is InChI=1S/C23H30N4O3/c1-3-7-22(19-8-5-4-6-9-19)24-23(28)18(2)25-14-16-26(17-15-25)20-10-12-21(13-11-20)27(29)30/h4-6,8-13,18,22H,3,7,14-17H2,1-2H3,(H,24,28)/p+1/t18-,22+/m0/s1. The Labute approximate surface area is 177 Å². The molecule has 7 heteroatoms. The molecule has 1 saturated heterocycles. The molecule has 30 heavy (non-hydrogen) atoms. The van der Waals surface area contributed by atoms with E-state index in [0.717, 1.165) is 50.3 Å². The number of anilines is 1. The van der Waals surface area contributed by atoms with Gasteiger partial charge in [0.2, 0.25) is 0 Å². The number of nitrogens with zero attached hydrogens (tertiary/aromatic N) is 2. The largest absolute Gasteiger partial charge is 0.360 e. The Kier molecular flexibility index (Phi) is 7.41. The molecule has 2 atom stereocenters. The molecule has 1 heterocycles. The van der Waals surface area contributed by atoms with Gasteiger partial charge < -0.3 is 15.1 Å². The summed E-state index contributed by atoms with van der Waals surface area (Å²) in [6.07, 6.45) is 1.93. The third kappa shape index (κ3) is 5.36. The van der Waals surface area contributed by atoms with Gasteiger partial charge in [0, 0.05) is 17.8 Å². The number of piperazine rings is 1. The smallest absolute Gasteiger partial charge is 0.278 e. The number of hydrogen-bond acceptors (Lipinski definition) is 4. The number of carbonyl (C=O) groups is 1. The molecule has 0 saturated carbocycles. The lowest BCUT2D eigenvalue weighted by Gasteiger charge is -2.36. The van der Waals surface area contributed by atoms with Crippen LogP contribution in [0.2, 0.25) is 0 Å². The van der Waals surface area contributed by atoms with Crippen LogP contribution < -0.4 is 15.1 Å². The molecule has 1 fully saturated rings. The molecule has 160 valence electrons. The van der Waals surface area contributed by atoms with Crippen molar-refractivity contribution >= 4 is 17.3 Å². The van der Waals surface area contributed by atoms with E-state index in [1.54, 1.807) is 24.3 Å². The lowest BCUT2D eigenvalue weighted by atomic mass is 10.0. The summed E-state index contributed by atoms with van der Waals surface area (Å²) in [5.74, 6) is 0.0936. The number of amides is 1. The summed E-state index contributed by atoms with van der Waals surface area (Å²) in [7, 11) is 0. The minimum atomic E-state index is -0.382. The van der Waals surface area contributed by atoms with Crippen molar-refractivity contribution in [3.63, 3.8) is 0 Å². The molecule has 1 aliphatic heterocycles. The zero-order valence-electron chi connectivity index (χ0n) is 17.7. The summed E-state index contributed by atoms with van der Waals surface area (Å²) in [6.45, 7) is 7.49. The van der Waals surface area contributed by atoms with Crippen molar-refractivity contribution in [2.24, 2.45) is 0 Å². The fraction of sp³-hybridized carbons (Fsp3) is 0.435. The van der Waals surface area contributed by atoms with Crippen LogP contribution in [-0.4, -0.2) is 43.1 Å². The maximum atomic E-state index is 12.9. The quantitative estimate of drug-likeness (QED) is 0.516. The molecule has 2 aromatic carbocycles. The van der Waals surface area contributed by atoms with Crippen LogP contribution in [0.3, 0.4) is 0 Å². The molecule has 0 unspecified atom stereocenters. The normalized spacial score (nSPS) is 16.7. The maximum Gasteiger partial charge on any atom is 0.278 e. The number of hydrogen-bond donors (Lipinski definition) is 2. The predicted octanol–water partition coefficient (Wildman–Crippen LogP) is 2.35. The van der Waals surface area contributed by atoms with Crippen molar-refractivity contribution in [1.82, 2.24) is 5.32 Å².